The number of fused-ring (bicyclic) bond motifs is 4. The zero-order valence-electron chi connectivity index (χ0n) is 16.8. The molecule has 2 heterocycles. The van der Waals surface area contributed by atoms with Crippen LogP contribution in [0.1, 0.15) is 50.8 Å². The lowest BCUT2D eigenvalue weighted by molar-refractivity contribution is -0.118. The van der Waals surface area contributed by atoms with Crippen molar-refractivity contribution in [1.82, 2.24) is 5.06 Å². The standard InChI is InChI=1S/C21H22N2O2.C2H6/c1-4-19(24)23-13-15-9-5-6-10-16(15)20-14(2)22(3)25-21(20)17-11-7-8-12-18(17)23;1-2/h5-12,14H,4,13H2,1-3H3;1-2H3. The highest BCUT2D eigenvalue weighted by atomic mass is 16.7. The smallest absolute Gasteiger partial charge is 0.227 e. The number of nitrogens with zero attached hydrogens (tertiary/aromatic N) is 2. The molecule has 0 fully saturated rings. The molecule has 0 radical (unpaired) electrons. The lowest BCUT2D eigenvalue weighted by atomic mass is 9.90. The number of anilines is 1. The number of benzene rings is 2. The van der Waals surface area contributed by atoms with Gasteiger partial charge in [-0.2, -0.15) is 0 Å². The van der Waals surface area contributed by atoms with Crippen molar-refractivity contribution in [3.8, 4) is 0 Å². The van der Waals surface area contributed by atoms with Crippen LogP contribution < -0.4 is 4.90 Å². The Morgan fingerprint density at radius 1 is 1.07 bits per heavy atom. The van der Waals surface area contributed by atoms with Gasteiger partial charge in [0.2, 0.25) is 5.91 Å². The first-order valence-electron chi connectivity index (χ1n) is 9.74. The summed E-state index contributed by atoms with van der Waals surface area (Å²) in [5, 5.41) is 1.88. The molecule has 0 saturated heterocycles. The molecule has 2 aromatic carbocycles. The van der Waals surface area contributed by atoms with E-state index in [0.29, 0.717) is 13.0 Å². The van der Waals surface area contributed by atoms with Crippen LogP contribution in [0.5, 0.6) is 0 Å². The van der Waals surface area contributed by atoms with Gasteiger partial charge >= 0.3 is 0 Å². The minimum Gasteiger partial charge on any atom is -0.405 e. The van der Waals surface area contributed by atoms with Gasteiger partial charge in [-0.3, -0.25) is 4.79 Å². The number of hydroxylamine groups is 2. The fourth-order valence-corrected chi connectivity index (χ4v) is 3.68. The predicted octanol–water partition coefficient (Wildman–Crippen LogP) is 5.10. The molecular formula is C23H28N2O2. The van der Waals surface area contributed by atoms with Crippen molar-refractivity contribution in [2.24, 2.45) is 0 Å². The van der Waals surface area contributed by atoms with Crippen molar-refractivity contribution in [2.75, 3.05) is 11.9 Å². The summed E-state index contributed by atoms with van der Waals surface area (Å²) >= 11 is 0. The minimum absolute atomic E-state index is 0.116. The average Bonchev–Trinajstić information content (AvgIpc) is 3.00. The Kier molecular flexibility index (Phi) is 5.66. The Balaban J connectivity index is 0.00000102. The summed E-state index contributed by atoms with van der Waals surface area (Å²) in [4.78, 5) is 20.7. The highest BCUT2D eigenvalue weighted by molar-refractivity contribution is 6.01. The van der Waals surface area contributed by atoms with Crippen molar-refractivity contribution >= 4 is 22.9 Å². The minimum atomic E-state index is 0.116. The topological polar surface area (TPSA) is 32.8 Å². The molecule has 142 valence electrons. The third-order valence-electron chi connectivity index (χ3n) is 5.12. The van der Waals surface area contributed by atoms with Gasteiger partial charge in [-0.25, -0.2) is 0 Å². The van der Waals surface area contributed by atoms with Crippen LogP contribution in [0.15, 0.2) is 48.5 Å². The second kappa shape index (κ2) is 7.97. The summed E-state index contributed by atoms with van der Waals surface area (Å²) in [5.74, 6) is 0.970. The lowest BCUT2D eigenvalue weighted by Crippen LogP contribution is -2.31. The fraction of sp³-hybridized carbons (Fsp3) is 0.348. The highest BCUT2D eigenvalue weighted by Gasteiger charge is 2.36. The van der Waals surface area contributed by atoms with Crippen molar-refractivity contribution in [1.29, 1.82) is 0 Å². The van der Waals surface area contributed by atoms with Gasteiger partial charge < -0.3 is 9.74 Å². The van der Waals surface area contributed by atoms with Crippen LogP contribution in [0.2, 0.25) is 0 Å². The van der Waals surface area contributed by atoms with Crippen LogP contribution in [0, 0.1) is 0 Å². The molecule has 1 unspecified atom stereocenters. The number of carbonyl (C=O) groups is 1. The third-order valence-corrected chi connectivity index (χ3v) is 5.12. The van der Waals surface area contributed by atoms with Crippen molar-refractivity contribution in [2.45, 2.75) is 46.7 Å². The Labute approximate surface area is 162 Å². The van der Waals surface area contributed by atoms with Crippen LogP contribution in [0.4, 0.5) is 5.69 Å². The molecule has 2 aliphatic heterocycles. The Bertz CT molecular complexity index is 872. The van der Waals surface area contributed by atoms with Gasteiger partial charge in [-0.1, -0.05) is 57.2 Å². The Hall–Kier alpha value is -2.59. The zero-order valence-corrected chi connectivity index (χ0v) is 16.8. The van der Waals surface area contributed by atoms with E-state index in [-0.39, 0.29) is 11.9 Å². The van der Waals surface area contributed by atoms with E-state index in [9.17, 15) is 4.79 Å². The maximum Gasteiger partial charge on any atom is 0.227 e. The normalized spacial score (nSPS) is 18.3. The van der Waals surface area contributed by atoms with Gasteiger partial charge in [0.1, 0.15) is 0 Å². The summed E-state index contributed by atoms with van der Waals surface area (Å²) in [7, 11) is 1.95. The van der Waals surface area contributed by atoms with Crippen LogP contribution in [0.3, 0.4) is 0 Å². The molecule has 0 aliphatic carbocycles. The quantitative estimate of drug-likeness (QED) is 0.705. The summed E-state index contributed by atoms with van der Waals surface area (Å²) in [5.41, 5.74) is 5.40. The third kappa shape index (κ3) is 3.26. The molecule has 2 aromatic rings. The average molecular weight is 364 g/mol. The molecule has 4 heteroatoms. The number of amides is 1. The van der Waals surface area contributed by atoms with Gasteiger partial charge in [0, 0.05) is 24.6 Å². The van der Waals surface area contributed by atoms with Gasteiger partial charge in [-0.15, -0.1) is 5.06 Å². The van der Waals surface area contributed by atoms with Gasteiger partial charge in [0.25, 0.3) is 0 Å². The molecule has 27 heavy (non-hydrogen) atoms. The summed E-state index contributed by atoms with van der Waals surface area (Å²) in [6.07, 6.45) is 0.472. The highest BCUT2D eigenvalue weighted by Crippen LogP contribution is 2.44. The molecule has 0 bridgehead atoms. The van der Waals surface area contributed by atoms with E-state index in [2.05, 4.69) is 19.1 Å². The molecule has 4 nitrogen and oxygen atoms in total. The number of hydrogen-bond acceptors (Lipinski definition) is 3. The second-order valence-corrected chi connectivity index (χ2v) is 6.56. The van der Waals surface area contributed by atoms with E-state index >= 15 is 0 Å². The number of likely N-dealkylation sites (N-methyl/N-ethyl adjacent to an activating group) is 1. The first kappa shape index (κ1) is 19.2. The van der Waals surface area contributed by atoms with E-state index in [0.717, 1.165) is 28.1 Å². The van der Waals surface area contributed by atoms with Crippen molar-refractivity contribution < 1.29 is 9.63 Å². The molecule has 0 N–H and O–H groups in total. The number of para-hydroxylation sites is 1. The first-order chi connectivity index (χ1) is 13.1. The molecule has 1 atom stereocenters. The number of hydrogen-bond donors (Lipinski definition) is 0. The van der Waals surface area contributed by atoms with Crippen molar-refractivity contribution in [3.63, 3.8) is 0 Å². The summed E-state index contributed by atoms with van der Waals surface area (Å²) in [6.45, 7) is 8.63. The molecule has 1 amide bonds. The number of carbonyl (C=O) groups excluding carboxylic acids is 1. The van der Waals surface area contributed by atoms with E-state index in [4.69, 9.17) is 4.84 Å². The van der Waals surface area contributed by atoms with Crippen LogP contribution >= 0.6 is 0 Å². The maximum absolute atomic E-state index is 12.7. The molecule has 0 saturated carbocycles. The van der Waals surface area contributed by atoms with Crippen molar-refractivity contribution in [3.05, 3.63) is 65.2 Å². The van der Waals surface area contributed by atoms with E-state index in [1.165, 1.54) is 5.57 Å². The molecule has 0 aromatic heterocycles. The Morgan fingerprint density at radius 3 is 2.41 bits per heavy atom. The molecule has 2 aliphatic rings. The van der Waals surface area contributed by atoms with Crippen LogP contribution in [-0.2, 0) is 16.2 Å². The largest absolute Gasteiger partial charge is 0.405 e. The predicted molar refractivity (Wildman–Crippen MR) is 111 cm³/mol. The summed E-state index contributed by atoms with van der Waals surface area (Å²) < 4.78 is 0. The molecule has 4 rings (SSSR count). The Morgan fingerprint density at radius 2 is 1.70 bits per heavy atom. The monoisotopic (exact) mass is 364 g/mol. The van der Waals surface area contributed by atoms with Crippen LogP contribution in [0.25, 0.3) is 11.3 Å². The maximum atomic E-state index is 12.7. The fourth-order valence-electron chi connectivity index (χ4n) is 3.68. The SMILES string of the molecule is CC.CCC(=O)N1Cc2ccccc2C2=C(ON(C)C2C)c2ccccc21. The summed E-state index contributed by atoms with van der Waals surface area (Å²) in [6, 6.07) is 16.5. The molecule has 0 spiro atoms. The number of rotatable bonds is 1. The van der Waals surface area contributed by atoms with E-state index < -0.39 is 0 Å². The molecular weight excluding hydrogens is 336 g/mol. The second-order valence-electron chi connectivity index (χ2n) is 6.56. The lowest BCUT2D eigenvalue weighted by Gasteiger charge is -2.28. The zero-order chi connectivity index (χ0) is 19.6. The van der Waals surface area contributed by atoms with Crippen LogP contribution in [-0.4, -0.2) is 24.1 Å². The van der Waals surface area contributed by atoms with Gasteiger partial charge in [-0.05, 0) is 30.2 Å². The van der Waals surface area contributed by atoms with E-state index in [1.54, 1.807) is 0 Å². The van der Waals surface area contributed by atoms with Gasteiger partial charge in [0.15, 0.2) is 5.76 Å². The first-order valence-corrected chi connectivity index (χ1v) is 9.74. The van der Waals surface area contributed by atoms with Gasteiger partial charge in [0.05, 0.1) is 18.3 Å². The van der Waals surface area contributed by atoms with E-state index in [1.807, 2.05) is 74.2 Å².